The van der Waals surface area contributed by atoms with Crippen LogP contribution in [0.15, 0.2) is 12.7 Å². The largest absolute Gasteiger partial charge is 0.147 e. The van der Waals surface area contributed by atoms with Crippen LogP contribution in [0.4, 0.5) is 0 Å². The minimum atomic E-state index is 0.409. The maximum atomic E-state index is 3.86. The van der Waals surface area contributed by atoms with Crippen molar-refractivity contribution in [3.8, 4) is 0 Å². The van der Waals surface area contributed by atoms with E-state index >= 15 is 0 Å². The molecule has 0 N–H and O–H groups in total. The summed E-state index contributed by atoms with van der Waals surface area (Å²) in [5.41, 5.74) is 0. The molecule has 0 rings (SSSR count). The van der Waals surface area contributed by atoms with Gasteiger partial charge in [-0.05, 0) is 31.3 Å². The highest BCUT2D eigenvalue weighted by atomic mass is 32.2. The Bertz CT molecular complexity index is 134. The smallest absolute Gasteiger partial charge is 0.0642 e. The van der Waals surface area contributed by atoms with Gasteiger partial charge >= 0.3 is 0 Å². The van der Waals surface area contributed by atoms with Crippen LogP contribution in [-0.2, 0) is 0 Å². The first-order chi connectivity index (χ1) is 6.24. The van der Waals surface area contributed by atoms with E-state index in [1.807, 2.05) is 11.8 Å². The summed E-state index contributed by atoms with van der Waals surface area (Å²) in [6.45, 7) is 8.37. The molecule has 0 fully saturated rings. The van der Waals surface area contributed by atoms with Gasteiger partial charge in [-0.2, -0.15) is 0 Å². The monoisotopic (exact) mass is 218 g/mol. The lowest BCUT2D eigenvalue weighted by atomic mass is 10.2. The Morgan fingerprint density at radius 3 is 2.38 bits per heavy atom. The summed E-state index contributed by atoms with van der Waals surface area (Å²) in [4.78, 5) is 0. The number of allylic oxidation sites excluding steroid dienone is 1. The van der Waals surface area contributed by atoms with Gasteiger partial charge in [-0.15, -0.1) is 30.1 Å². The molecule has 0 aromatic carbocycles. The van der Waals surface area contributed by atoms with E-state index < -0.39 is 0 Å². The number of rotatable bonds is 8. The fraction of sp³-hybridized carbons (Fsp3) is 0.818. The second-order valence-corrected chi connectivity index (χ2v) is 6.13. The number of hydrogen-bond donors (Lipinski definition) is 0. The highest BCUT2D eigenvalue weighted by Gasteiger charge is 2.26. The highest BCUT2D eigenvalue weighted by Crippen LogP contribution is 2.43. The molecule has 1 atom stereocenters. The van der Waals surface area contributed by atoms with Gasteiger partial charge < -0.3 is 0 Å². The van der Waals surface area contributed by atoms with Crippen molar-refractivity contribution in [1.29, 1.82) is 0 Å². The average Bonchev–Trinajstić information content (AvgIpc) is 2.15. The molecule has 13 heavy (non-hydrogen) atoms. The third-order valence-corrected chi connectivity index (χ3v) is 5.51. The van der Waals surface area contributed by atoms with Gasteiger partial charge in [-0.1, -0.05) is 26.3 Å². The summed E-state index contributed by atoms with van der Waals surface area (Å²) >= 11 is 4.11. The van der Waals surface area contributed by atoms with E-state index in [0.717, 1.165) is 6.42 Å². The normalized spacial score (nSPS) is 15.3. The topological polar surface area (TPSA) is 0 Å². The molecular weight excluding hydrogens is 196 g/mol. The number of hydrogen-bond acceptors (Lipinski definition) is 2. The predicted octanol–water partition coefficient (Wildman–Crippen LogP) is 4.57. The molecule has 0 radical (unpaired) electrons. The zero-order valence-electron chi connectivity index (χ0n) is 9.14. The van der Waals surface area contributed by atoms with Crippen molar-refractivity contribution in [2.24, 2.45) is 0 Å². The van der Waals surface area contributed by atoms with Crippen molar-refractivity contribution in [3.63, 3.8) is 0 Å². The predicted molar refractivity (Wildman–Crippen MR) is 68.7 cm³/mol. The molecule has 0 spiro atoms. The Kier molecular flexibility index (Phi) is 8.07. The molecule has 1 unspecified atom stereocenters. The van der Waals surface area contributed by atoms with E-state index in [2.05, 4.69) is 44.5 Å². The SMILES string of the molecule is C=CCC(CCC)(SC)SCCC. The lowest BCUT2D eigenvalue weighted by molar-refractivity contribution is 0.704. The molecule has 0 bridgehead atoms. The first-order valence-corrected chi connectivity index (χ1v) is 7.25. The van der Waals surface area contributed by atoms with Crippen molar-refractivity contribution >= 4 is 23.5 Å². The Morgan fingerprint density at radius 2 is 2.00 bits per heavy atom. The summed E-state index contributed by atoms with van der Waals surface area (Å²) in [6.07, 6.45) is 9.26. The molecule has 0 saturated heterocycles. The van der Waals surface area contributed by atoms with Crippen LogP contribution in [-0.4, -0.2) is 16.1 Å². The summed E-state index contributed by atoms with van der Waals surface area (Å²) in [5, 5.41) is 0. The summed E-state index contributed by atoms with van der Waals surface area (Å²) in [6, 6.07) is 0. The second kappa shape index (κ2) is 7.81. The van der Waals surface area contributed by atoms with Gasteiger partial charge in [0.05, 0.1) is 4.08 Å². The van der Waals surface area contributed by atoms with E-state index in [1.165, 1.54) is 25.0 Å². The molecule has 78 valence electrons. The zero-order chi connectivity index (χ0) is 10.2. The highest BCUT2D eigenvalue weighted by molar-refractivity contribution is 8.17. The molecule has 0 aliphatic heterocycles. The fourth-order valence-corrected chi connectivity index (χ4v) is 3.94. The van der Waals surface area contributed by atoms with Gasteiger partial charge in [0.1, 0.15) is 0 Å². The number of thioether (sulfide) groups is 2. The van der Waals surface area contributed by atoms with Crippen LogP contribution in [0.25, 0.3) is 0 Å². The van der Waals surface area contributed by atoms with Crippen molar-refractivity contribution < 1.29 is 0 Å². The fourth-order valence-electron chi connectivity index (χ4n) is 1.37. The first-order valence-electron chi connectivity index (χ1n) is 5.04. The Labute approximate surface area is 91.9 Å². The lowest BCUT2D eigenvalue weighted by Crippen LogP contribution is -2.19. The maximum Gasteiger partial charge on any atom is 0.0642 e. The van der Waals surface area contributed by atoms with Crippen LogP contribution in [0.3, 0.4) is 0 Å². The lowest BCUT2D eigenvalue weighted by Gasteiger charge is -2.30. The van der Waals surface area contributed by atoms with Crippen molar-refractivity contribution in [3.05, 3.63) is 12.7 Å². The van der Waals surface area contributed by atoms with Gasteiger partial charge in [0.25, 0.3) is 0 Å². The maximum absolute atomic E-state index is 3.86. The molecule has 0 aliphatic carbocycles. The van der Waals surface area contributed by atoms with Gasteiger partial charge in [0.2, 0.25) is 0 Å². The molecule has 0 aliphatic rings. The standard InChI is InChI=1S/C11H22S2/c1-5-8-11(12-4,9-6-2)13-10-7-3/h5H,1,6-10H2,2-4H3. The van der Waals surface area contributed by atoms with Gasteiger partial charge in [-0.3, -0.25) is 0 Å². The molecule has 0 heterocycles. The quantitative estimate of drug-likeness (QED) is 0.432. The third-order valence-electron chi connectivity index (χ3n) is 2.03. The first kappa shape index (κ1) is 13.4. The van der Waals surface area contributed by atoms with E-state index in [-0.39, 0.29) is 0 Å². The molecular formula is C11H22S2. The second-order valence-electron chi connectivity index (χ2n) is 3.21. The van der Waals surface area contributed by atoms with Crippen LogP contribution < -0.4 is 0 Å². The van der Waals surface area contributed by atoms with Crippen molar-refractivity contribution in [2.45, 2.75) is 43.6 Å². The van der Waals surface area contributed by atoms with Crippen molar-refractivity contribution in [1.82, 2.24) is 0 Å². The molecule has 0 saturated carbocycles. The average molecular weight is 218 g/mol. The summed E-state index contributed by atoms with van der Waals surface area (Å²) < 4.78 is 0.409. The molecule has 0 aromatic heterocycles. The summed E-state index contributed by atoms with van der Waals surface area (Å²) in [7, 11) is 0. The molecule has 0 nitrogen and oxygen atoms in total. The van der Waals surface area contributed by atoms with E-state index in [1.54, 1.807) is 0 Å². The van der Waals surface area contributed by atoms with Crippen LogP contribution in [0, 0.1) is 0 Å². The summed E-state index contributed by atoms with van der Waals surface area (Å²) in [5.74, 6) is 1.27. The minimum absolute atomic E-state index is 0.409. The zero-order valence-corrected chi connectivity index (χ0v) is 10.8. The molecule has 0 aromatic rings. The van der Waals surface area contributed by atoms with E-state index in [9.17, 15) is 0 Å². The van der Waals surface area contributed by atoms with Gasteiger partial charge in [0, 0.05) is 0 Å². The van der Waals surface area contributed by atoms with Gasteiger partial charge in [0.15, 0.2) is 0 Å². The molecule has 2 heteroatoms. The van der Waals surface area contributed by atoms with Crippen LogP contribution in [0.2, 0.25) is 0 Å². The third kappa shape index (κ3) is 5.02. The van der Waals surface area contributed by atoms with Crippen LogP contribution in [0.1, 0.15) is 39.5 Å². The van der Waals surface area contributed by atoms with E-state index in [4.69, 9.17) is 0 Å². The Morgan fingerprint density at radius 1 is 1.31 bits per heavy atom. The van der Waals surface area contributed by atoms with Crippen molar-refractivity contribution in [2.75, 3.05) is 12.0 Å². The minimum Gasteiger partial charge on any atom is -0.147 e. The van der Waals surface area contributed by atoms with Gasteiger partial charge in [-0.25, -0.2) is 0 Å². The van der Waals surface area contributed by atoms with E-state index in [0.29, 0.717) is 4.08 Å². The Balaban J connectivity index is 4.15. The van der Waals surface area contributed by atoms with Crippen LogP contribution in [0.5, 0.6) is 0 Å². The van der Waals surface area contributed by atoms with Crippen LogP contribution >= 0.6 is 23.5 Å². The Hall–Kier alpha value is 0.440. The molecule has 0 amide bonds.